The molecule has 0 fully saturated rings. The summed E-state index contributed by atoms with van der Waals surface area (Å²) < 4.78 is 2.26. The van der Waals surface area contributed by atoms with Gasteiger partial charge in [-0.05, 0) is 132 Å². The van der Waals surface area contributed by atoms with Crippen LogP contribution in [0.5, 0.6) is 0 Å². The highest BCUT2D eigenvalue weighted by Crippen LogP contribution is 2.46. The molecule has 0 radical (unpaired) electrons. The van der Waals surface area contributed by atoms with E-state index in [1.54, 1.807) is 0 Å². The Hall–Kier alpha value is -7.03. The molecule has 0 saturated heterocycles. The van der Waals surface area contributed by atoms with Crippen molar-refractivity contribution in [1.29, 1.82) is 0 Å². The van der Waals surface area contributed by atoms with Gasteiger partial charge in [0.2, 0.25) is 0 Å². The average molecular weight is 715 g/mol. The summed E-state index contributed by atoms with van der Waals surface area (Å²) in [6.07, 6.45) is 5.75. The number of aromatic nitrogens is 2. The lowest BCUT2D eigenvalue weighted by molar-refractivity contribution is 0.717. The summed E-state index contributed by atoms with van der Waals surface area (Å²) in [5.74, 6) is 1.50. The van der Waals surface area contributed by atoms with E-state index in [1.807, 2.05) is 0 Å². The second kappa shape index (κ2) is 13.1. The van der Waals surface area contributed by atoms with Crippen molar-refractivity contribution in [3.8, 4) is 50.5 Å². The van der Waals surface area contributed by atoms with E-state index < -0.39 is 0 Å². The van der Waals surface area contributed by atoms with Crippen LogP contribution in [-0.4, -0.2) is 9.55 Å². The normalized spacial score (nSPS) is 13.8. The maximum atomic E-state index is 5.13. The van der Waals surface area contributed by atoms with Crippen molar-refractivity contribution in [2.45, 2.75) is 13.3 Å². The van der Waals surface area contributed by atoms with Crippen molar-refractivity contribution in [2.75, 3.05) is 0 Å². The van der Waals surface area contributed by atoms with Crippen molar-refractivity contribution in [2.24, 2.45) is 5.92 Å². The standard InChI is InChI=1S/C54H38N2/c1-35-19-20-41-33-43(28-26-40(41)31-35)52-46-15-7-8-16-47(46)53(44-27-23-36-11-5-6-12-39(36)32-44)49-34-42(29-30-48(49)52)37-21-24-38(25-22-37)54-55-50-17-9-10-18-51(50)56(54)45-13-3-2-4-14-45/h2-30,32-35H,31H2,1H3. The molecule has 1 aliphatic carbocycles. The SMILES string of the molecule is CC1C=Cc2cc(-c3c4ccccc4c(-c4ccc5ccccc5c4)c4cc(-c5ccc(-c6nc7ccccc7n6-c6ccccc6)cc5)ccc34)ccc2C1. The van der Waals surface area contributed by atoms with Gasteiger partial charge in [-0.3, -0.25) is 4.57 Å². The molecule has 1 aromatic heterocycles. The molecule has 1 atom stereocenters. The van der Waals surface area contributed by atoms with E-state index in [0.29, 0.717) is 5.92 Å². The number of allylic oxidation sites excluding steroid dienone is 1. The van der Waals surface area contributed by atoms with Crippen molar-refractivity contribution in [3.63, 3.8) is 0 Å². The largest absolute Gasteiger partial charge is 0.292 e. The third-order valence-corrected chi connectivity index (χ3v) is 11.7. The van der Waals surface area contributed by atoms with Crippen molar-refractivity contribution in [1.82, 2.24) is 9.55 Å². The third kappa shape index (κ3) is 5.37. The number of benzene rings is 9. The van der Waals surface area contributed by atoms with Gasteiger partial charge in [0.1, 0.15) is 5.82 Å². The van der Waals surface area contributed by atoms with Crippen LogP contribution in [0.2, 0.25) is 0 Å². The van der Waals surface area contributed by atoms with Gasteiger partial charge in [-0.2, -0.15) is 0 Å². The highest BCUT2D eigenvalue weighted by molar-refractivity contribution is 6.22. The van der Waals surface area contributed by atoms with E-state index >= 15 is 0 Å². The molecule has 9 aromatic carbocycles. The predicted molar refractivity (Wildman–Crippen MR) is 237 cm³/mol. The average Bonchev–Trinajstić information content (AvgIpc) is 3.65. The zero-order valence-electron chi connectivity index (χ0n) is 31.2. The maximum absolute atomic E-state index is 5.13. The van der Waals surface area contributed by atoms with Gasteiger partial charge >= 0.3 is 0 Å². The van der Waals surface area contributed by atoms with Crippen molar-refractivity contribution >= 4 is 49.4 Å². The van der Waals surface area contributed by atoms with Crippen LogP contribution >= 0.6 is 0 Å². The molecule has 56 heavy (non-hydrogen) atoms. The quantitative estimate of drug-likeness (QED) is 0.162. The molecule has 1 aliphatic rings. The summed E-state index contributed by atoms with van der Waals surface area (Å²) >= 11 is 0. The highest BCUT2D eigenvalue weighted by Gasteiger charge is 2.20. The summed E-state index contributed by atoms with van der Waals surface area (Å²) in [6, 6.07) is 66.6. The summed E-state index contributed by atoms with van der Waals surface area (Å²) in [5.41, 5.74) is 14.4. The third-order valence-electron chi connectivity index (χ3n) is 11.7. The van der Waals surface area contributed by atoms with Gasteiger partial charge in [-0.25, -0.2) is 4.98 Å². The lowest BCUT2D eigenvalue weighted by Gasteiger charge is -2.21. The molecule has 0 aliphatic heterocycles. The molecule has 0 amide bonds. The summed E-state index contributed by atoms with van der Waals surface area (Å²) in [5, 5.41) is 7.55. The fourth-order valence-corrected chi connectivity index (χ4v) is 8.97. The zero-order valence-corrected chi connectivity index (χ0v) is 31.2. The van der Waals surface area contributed by atoms with E-state index in [9.17, 15) is 0 Å². The minimum Gasteiger partial charge on any atom is -0.292 e. The molecule has 0 spiro atoms. The first-order chi connectivity index (χ1) is 27.7. The van der Waals surface area contributed by atoms with Gasteiger partial charge in [0.15, 0.2) is 0 Å². The highest BCUT2D eigenvalue weighted by atomic mass is 15.1. The van der Waals surface area contributed by atoms with Crippen LogP contribution in [0.4, 0.5) is 0 Å². The summed E-state index contributed by atoms with van der Waals surface area (Å²) in [4.78, 5) is 5.13. The van der Waals surface area contributed by atoms with Crippen LogP contribution in [0.15, 0.2) is 188 Å². The summed E-state index contributed by atoms with van der Waals surface area (Å²) in [7, 11) is 0. The van der Waals surface area contributed by atoms with Crippen LogP contribution in [-0.2, 0) is 6.42 Å². The van der Waals surface area contributed by atoms with E-state index in [2.05, 4.69) is 206 Å². The Morgan fingerprint density at radius 3 is 1.95 bits per heavy atom. The summed E-state index contributed by atoms with van der Waals surface area (Å²) in [6.45, 7) is 2.30. The van der Waals surface area contributed by atoms with Crippen LogP contribution in [0, 0.1) is 5.92 Å². The minimum atomic E-state index is 0.564. The monoisotopic (exact) mass is 714 g/mol. The second-order valence-electron chi connectivity index (χ2n) is 15.2. The van der Waals surface area contributed by atoms with E-state index in [0.717, 1.165) is 34.5 Å². The predicted octanol–water partition coefficient (Wildman–Crippen LogP) is 14.4. The molecule has 10 aromatic rings. The van der Waals surface area contributed by atoms with Crippen molar-refractivity contribution in [3.05, 3.63) is 199 Å². The molecule has 2 nitrogen and oxygen atoms in total. The fraction of sp³-hybridized carbons (Fsp3) is 0.0556. The number of hydrogen-bond donors (Lipinski definition) is 0. The zero-order chi connectivity index (χ0) is 37.2. The first-order valence-corrected chi connectivity index (χ1v) is 19.6. The first kappa shape index (κ1) is 32.4. The van der Waals surface area contributed by atoms with E-state index in [-0.39, 0.29) is 0 Å². The number of para-hydroxylation sites is 3. The molecule has 1 unspecified atom stereocenters. The number of nitrogens with zero attached hydrogens (tertiary/aromatic N) is 2. The number of fused-ring (bicyclic) bond motifs is 5. The Bertz CT molecular complexity index is 3170. The van der Waals surface area contributed by atoms with Gasteiger partial charge in [0, 0.05) is 11.3 Å². The number of imidazole rings is 1. The van der Waals surface area contributed by atoms with Gasteiger partial charge in [0.05, 0.1) is 11.0 Å². The Kier molecular flexibility index (Phi) is 7.57. The van der Waals surface area contributed by atoms with Gasteiger partial charge < -0.3 is 0 Å². The van der Waals surface area contributed by atoms with Crippen molar-refractivity contribution < 1.29 is 0 Å². The minimum absolute atomic E-state index is 0.564. The Balaban J connectivity index is 1.11. The van der Waals surface area contributed by atoms with Crippen LogP contribution in [0.1, 0.15) is 18.1 Å². The molecule has 2 heteroatoms. The van der Waals surface area contributed by atoms with Gasteiger partial charge in [-0.1, -0.05) is 159 Å². The molecule has 264 valence electrons. The smallest absolute Gasteiger partial charge is 0.145 e. The molecule has 0 bridgehead atoms. The molecule has 1 heterocycles. The molecular weight excluding hydrogens is 677 g/mol. The molecule has 0 N–H and O–H groups in total. The Morgan fingerprint density at radius 2 is 1.11 bits per heavy atom. The van der Waals surface area contributed by atoms with Gasteiger partial charge in [0.25, 0.3) is 0 Å². The van der Waals surface area contributed by atoms with E-state index in [4.69, 9.17) is 4.98 Å². The number of rotatable bonds is 5. The fourth-order valence-electron chi connectivity index (χ4n) is 8.97. The lowest BCUT2D eigenvalue weighted by Crippen LogP contribution is -2.03. The van der Waals surface area contributed by atoms with Crippen LogP contribution in [0.25, 0.3) is 99.9 Å². The molecular formula is C54H38N2. The maximum Gasteiger partial charge on any atom is 0.145 e. The van der Waals surface area contributed by atoms with Crippen LogP contribution in [0.3, 0.4) is 0 Å². The lowest BCUT2D eigenvalue weighted by atomic mass is 9.83. The molecule has 0 saturated carbocycles. The number of hydrogen-bond acceptors (Lipinski definition) is 1. The second-order valence-corrected chi connectivity index (χ2v) is 15.2. The van der Waals surface area contributed by atoms with Crippen LogP contribution < -0.4 is 0 Å². The molecule has 11 rings (SSSR count). The van der Waals surface area contributed by atoms with E-state index in [1.165, 1.54) is 76.8 Å². The topological polar surface area (TPSA) is 17.8 Å². The van der Waals surface area contributed by atoms with Gasteiger partial charge in [-0.15, -0.1) is 0 Å². The first-order valence-electron chi connectivity index (χ1n) is 19.6. The Morgan fingerprint density at radius 1 is 0.482 bits per heavy atom. The Labute approximate surface area is 326 Å².